The molecule has 3 rings (SSSR count). The monoisotopic (exact) mass is 416 g/mol. The van der Waals surface area contributed by atoms with Crippen molar-refractivity contribution in [2.24, 2.45) is 5.73 Å². The predicted molar refractivity (Wildman–Crippen MR) is 111 cm³/mol. The summed E-state index contributed by atoms with van der Waals surface area (Å²) in [7, 11) is 0. The van der Waals surface area contributed by atoms with Gasteiger partial charge in [0.1, 0.15) is 29.9 Å². The van der Waals surface area contributed by atoms with Gasteiger partial charge in [0, 0.05) is 18.0 Å². The summed E-state index contributed by atoms with van der Waals surface area (Å²) in [6, 6.07) is 6.76. The maximum Gasteiger partial charge on any atom is 0.413 e. The summed E-state index contributed by atoms with van der Waals surface area (Å²) in [6.45, 7) is 8.35. The second-order valence-corrected chi connectivity index (χ2v) is 8.77. The van der Waals surface area contributed by atoms with Crippen molar-refractivity contribution in [1.29, 1.82) is 0 Å². The standard InChI is InChI=1S/C22H29FN4O3/c1-21(2,3)30-20(28)27-17(10-23)19(29-22(27,4)5)15-8-6-14(7-9-15)16-12-25-18(11-24)26-13-16/h6-9,12-13,17,19H,10-11,24H2,1-5H3. The fourth-order valence-electron chi connectivity index (χ4n) is 3.56. The number of nitrogens with zero attached hydrogens (tertiary/aromatic N) is 3. The van der Waals surface area contributed by atoms with E-state index >= 15 is 0 Å². The van der Waals surface area contributed by atoms with Crippen molar-refractivity contribution >= 4 is 6.09 Å². The molecule has 0 saturated carbocycles. The lowest BCUT2D eigenvalue weighted by Gasteiger charge is -2.34. The van der Waals surface area contributed by atoms with E-state index in [0.29, 0.717) is 5.82 Å². The number of carbonyl (C=O) groups excluding carboxylic acids is 1. The van der Waals surface area contributed by atoms with Crippen molar-refractivity contribution in [2.75, 3.05) is 6.67 Å². The van der Waals surface area contributed by atoms with Crippen LogP contribution in [0.3, 0.4) is 0 Å². The minimum atomic E-state index is -1.01. The van der Waals surface area contributed by atoms with Gasteiger partial charge < -0.3 is 15.2 Å². The molecule has 1 saturated heterocycles. The Morgan fingerprint density at radius 2 is 1.80 bits per heavy atom. The van der Waals surface area contributed by atoms with E-state index in [4.69, 9.17) is 15.2 Å². The Morgan fingerprint density at radius 3 is 2.30 bits per heavy atom. The van der Waals surface area contributed by atoms with Crippen LogP contribution in [0.2, 0.25) is 0 Å². The van der Waals surface area contributed by atoms with Crippen LogP contribution in [0.4, 0.5) is 9.18 Å². The van der Waals surface area contributed by atoms with Crippen molar-refractivity contribution in [3.05, 3.63) is 48.0 Å². The van der Waals surface area contributed by atoms with E-state index in [1.807, 2.05) is 24.3 Å². The van der Waals surface area contributed by atoms with Crippen LogP contribution in [0.25, 0.3) is 11.1 Å². The average molecular weight is 416 g/mol. The molecule has 7 nitrogen and oxygen atoms in total. The Balaban J connectivity index is 1.84. The summed E-state index contributed by atoms with van der Waals surface area (Å²) in [4.78, 5) is 22.5. The number of halogens is 1. The molecular weight excluding hydrogens is 387 g/mol. The summed E-state index contributed by atoms with van der Waals surface area (Å²) < 4.78 is 25.7. The third-order valence-corrected chi connectivity index (χ3v) is 4.89. The van der Waals surface area contributed by atoms with Crippen LogP contribution in [0.15, 0.2) is 36.7 Å². The van der Waals surface area contributed by atoms with Crippen LogP contribution in [0, 0.1) is 0 Å². The van der Waals surface area contributed by atoms with Crippen LogP contribution in [0.1, 0.15) is 52.1 Å². The molecule has 1 aromatic carbocycles. The Bertz CT molecular complexity index is 879. The fourth-order valence-corrected chi connectivity index (χ4v) is 3.56. The van der Waals surface area contributed by atoms with Gasteiger partial charge in [0.25, 0.3) is 0 Å². The van der Waals surface area contributed by atoms with E-state index in [1.54, 1.807) is 47.0 Å². The molecule has 0 spiro atoms. The molecule has 2 aromatic rings. The molecular formula is C22H29FN4O3. The molecule has 1 amide bonds. The molecule has 0 bridgehead atoms. The molecule has 8 heteroatoms. The smallest absolute Gasteiger partial charge is 0.413 e. The number of alkyl halides is 1. The minimum Gasteiger partial charge on any atom is -0.444 e. The number of ether oxygens (including phenoxy) is 2. The Kier molecular flexibility index (Phi) is 6.10. The number of hydrogen-bond donors (Lipinski definition) is 1. The van der Waals surface area contributed by atoms with Gasteiger partial charge in [0.15, 0.2) is 0 Å². The molecule has 2 N–H and O–H groups in total. The lowest BCUT2D eigenvalue weighted by Crippen LogP contribution is -2.50. The molecule has 30 heavy (non-hydrogen) atoms. The van der Waals surface area contributed by atoms with Gasteiger partial charge in [-0.05, 0) is 45.7 Å². The quantitative estimate of drug-likeness (QED) is 0.811. The van der Waals surface area contributed by atoms with Crippen LogP contribution in [0.5, 0.6) is 0 Å². The van der Waals surface area contributed by atoms with E-state index in [0.717, 1.165) is 16.7 Å². The lowest BCUT2D eigenvalue weighted by atomic mass is 10.00. The van der Waals surface area contributed by atoms with Gasteiger partial charge in [-0.3, -0.25) is 4.90 Å². The Hall–Kier alpha value is -2.58. The highest BCUT2D eigenvalue weighted by molar-refractivity contribution is 5.70. The van der Waals surface area contributed by atoms with Crippen LogP contribution in [-0.2, 0) is 16.0 Å². The Labute approximate surface area is 176 Å². The molecule has 0 radical (unpaired) electrons. The van der Waals surface area contributed by atoms with E-state index < -0.39 is 36.2 Å². The van der Waals surface area contributed by atoms with Crippen molar-refractivity contribution < 1.29 is 18.7 Å². The number of carbonyl (C=O) groups is 1. The van der Waals surface area contributed by atoms with Gasteiger partial charge in [-0.1, -0.05) is 24.3 Å². The lowest BCUT2D eigenvalue weighted by molar-refractivity contribution is -0.0797. The average Bonchev–Trinajstić information content (AvgIpc) is 2.97. The summed E-state index contributed by atoms with van der Waals surface area (Å²) in [5, 5.41) is 0. The molecule has 2 unspecified atom stereocenters. The first-order valence-corrected chi connectivity index (χ1v) is 9.93. The molecule has 162 valence electrons. The molecule has 2 atom stereocenters. The van der Waals surface area contributed by atoms with Crippen molar-refractivity contribution in [1.82, 2.24) is 14.9 Å². The molecule has 0 aliphatic carbocycles. The SMILES string of the molecule is CC(C)(C)OC(=O)N1C(CF)C(c2ccc(-c3cnc(CN)nc3)cc2)OC1(C)C. The number of rotatable bonds is 4. The van der Waals surface area contributed by atoms with Crippen LogP contribution in [-0.4, -0.2) is 45.0 Å². The predicted octanol–water partition coefficient (Wildman–Crippen LogP) is 3.98. The van der Waals surface area contributed by atoms with Crippen molar-refractivity contribution in [3.63, 3.8) is 0 Å². The van der Waals surface area contributed by atoms with Crippen molar-refractivity contribution in [3.8, 4) is 11.1 Å². The molecule has 2 heterocycles. The number of hydrogen-bond acceptors (Lipinski definition) is 6. The highest BCUT2D eigenvalue weighted by Crippen LogP contribution is 2.42. The zero-order chi connectivity index (χ0) is 22.1. The van der Waals surface area contributed by atoms with Gasteiger partial charge in [-0.2, -0.15) is 0 Å². The number of benzene rings is 1. The summed E-state index contributed by atoms with van der Waals surface area (Å²) in [5.74, 6) is 0.574. The summed E-state index contributed by atoms with van der Waals surface area (Å²) >= 11 is 0. The first-order valence-electron chi connectivity index (χ1n) is 9.93. The fraction of sp³-hybridized carbons (Fsp3) is 0.500. The third kappa shape index (κ3) is 4.60. The van der Waals surface area contributed by atoms with E-state index in [2.05, 4.69) is 9.97 Å². The molecule has 1 aromatic heterocycles. The van der Waals surface area contributed by atoms with Gasteiger partial charge in [-0.25, -0.2) is 19.2 Å². The highest BCUT2D eigenvalue weighted by atomic mass is 19.1. The summed E-state index contributed by atoms with van der Waals surface area (Å²) in [6.07, 6.45) is 2.23. The largest absolute Gasteiger partial charge is 0.444 e. The zero-order valence-electron chi connectivity index (χ0n) is 18.1. The van der Waals surface area contributed by atoms with E-state index in [-0.39, 0.29) is 6.54 Å². The number of nitrogens with two attached hydrogens (primary N) is 1. The van der Waals surface area contributed by atoms with Crippen LogP contribution >= 0.6 is 0 Å². The molecule has 1 aliphatic heterocycles. The first kappa shape index (κ1) is 22.1. The second kappa shape index (κ2) is 8.28. The first-order chi connectivity index (χ1) is 14.1. The van der Waals surface area contributed by atoms with Gasteiger partial charge >= 0.3 is 6.09 Å². The maximum absolute atomic E-state index is 14.1. The molecule has 1 aliphatic rings. The van der Waals surface area contributed by atoms with Gasteiger partial charge in [0.2, 0.25) is 0 Å². The molecule has 1 fully saturated rings. The van der Waals surface area contributed by atoms with Gasteiger partial charge in [-0.15, -0.1) is 0 Å². The van der Waals surface area contributed by atoms with Gasteiger partial charge in [0.05, 0.1) is 12.6 Å². The second-order valence-electron chi connectivity index (χ2n) is 8.77. The topological polar surface area (TPSA) is 90.6 Å². The maximum atomic E-state index is 14.1. The van der Waals surface area contributed by atoms with Crippen molar-refractivity contribution in [2.45, 2.75) is 64.6 Å². The van der Waals surface area contributed by atoms with E-state index in [9.17, 15) is 9.18 Å². The number of aromatic nitrogens is 2. The highest BCUT2D eigenvalue weighted by Gasteiger charge is 2.51. The third-order valence-electron chi connectivity index (χ3n) is 4.89. The Morgan fingerprint density at radius 1 is 1.20 bits per heavy atom. The normalized spacial score (nSPS) is 21.0. The number of amides is 1. The van der Waals surface area contributed by atoms with E-state index in [1.165, 1.54) is 4.90 Å². The zero-order valence-corrected chi connectivity index (χ0v) is 18.1. The summed E-state index contributed by atoms with van der Waals surface area (Å²) in [5.41, 5.74) is 6.39. The minimum absolute atomic E-state index is 0.285. The van der Waals surface area contributed by atoms with Crippen LogP contribution < -0.4 is 5.73 Å².